The molecule has 1 heterocycles. The maximum absolute atomic E-state index is 10.1. The zero-order valence-corrected chi connectivity index (χ0v) is 11.6. The number of likely N-dealkylation sites (N-methyl/N-ethyl adjacent to an activating group) is 1. The van der Waals surface area contributed by atoms with Crippen LogP contribution < -0.4 is 0 Å². The van der Waals surface area contributed by atoms with Crippen molar-refractivity contribution in [3.8, 4) is 0 Å². The first kappa shape index (κ1) is 13.1. The molecule has 1 aliphatic rings. The Hall–Kier alpha value is -0.380. The third-order valence-corrected chi connectivity index (χ3v) is 4.89. The summed E-state index contributed by atoms with van der Waals surface area (Å²) in [6, 6.07) is 5.18. The number of thiophene rings is 1. The molecule has 0 aromatic carbocycles. The van der Waals surface area contributed by atoms with Gasteiger partial charge in [0.15, 0.2) is 0 Å². The van der Waals surface area contributed by atoms with Gasteiger partial charge in [0.25, 0.3) is 0 Å². The molecule has 1 aliphatic carbocycles. The predicted octanol–water partition coefficient (Wildman–Crippen LogP) is 2.91. The van der Waals surface area contributed by atoms with Crippen molar-refractivity contribution < 1.29 is 5.11 Å². The Bertz CT molecular complexity index is 325. The SMILES string of the molecule is CC(Cc1cccs1)N(C)C1CCCCC1O. The van der Waals surface area contributed by atoms with Crippen molar-refractivity contribution in [3.05, 3.63) is 22.4 Å². The second-order valence-electron chi connectivity index (χ2n) is 5.22. The molecule has 96 valence electrons. The first-order valence-electron chi connectivity index (χ1n) is 6.61. The highest BCUT2D eigenvalue weighted by Gasteiger charge is 2.28. The number of hydrogen-bond donors (Lipinski definition) is 1. The Morgan fingerprint density at radius 3 is 2.88 bits per heavy atom. The molecule has 0 saturated heterocycles. The van der Waals surface area contributed by atoms with Gasteiger partial charge in [-0.3, -0.25) is 4.90 Å². The van der Waals surface area contributed by atoms with Crippen LogP contribution in [0.2, 0.25) is 0 Å². The first-order chi connectivity index (χ1) is 8.18. The molecule has 1 fully saturated rings. The highest BCUT2D eigenvalue weighted by molar-refractivity contribution is 7.09. The minimum Gasteiger partial charge on any atom is -0.391 e. The van der Waals surface area contributed by atoms with Gasteiger partial charge in [-0.25, -0.2) is 0 Å². The van der Waals surface area contributed by atoms with Crippen molar-refractivity contribution in [2.45, 2.75) is 57.2 Å². The van der Waals surface area contributed by atoms with Crippen molar-refractivity contribution in [2.24, 2.45) is 0 Å². The lowest BCUT2D eigenvalue weighted by Gasteiger charge is -2.38. The summed E-state index contributed by atoms with van der Waals surface area (Å²) >= 11 is 1.83. The zero-order valence-electron chi connectivity index (χ0n) is 10.8. The molecule has 0 aliphatic heterocycles. The second kappa shape index (κ2) is 5.98. The van der Waals surface area contributed by atoms with E-state index in [1.54, 1.807) is 0 Å². The fourth-order valence-corrected chi connectivity index (χ4v) is 3.58. The average molecular weight is 253 g/mol. The largest absolute Gasteiger partial charge is 0.391 e. The standard InChI is InChI=1S/C14H23NOS/c1-11(10-12-6-5-9-17-12)15(2)13-7-3-4-8-14(13)16/h5-6,9,11,13-14,16H,3-4,7-8,10H2,1-2H3. The molecule has 3 atom stereocenters. The van der Waals surface area contributed by atoms with E-state index in [0.717, 1.165) is 19.3 Å². The molecule has 1 aromatic heterocycles. The summed E-state index contributed by atoms with van der Waals surface area (Å²) in [5.41, 5.74) is 0. The first-order valence-corrected chi connectivity index (χ1v) is 7.49. The number of aliphatic hydroxyl groups excluding tert-OH is 1. The summed E-state index contributed by atoms with van der Waals surface area (Å²) in [4.78, 5) is 3.82. The van der Waals surface area contributed by atoms with Gasteiger partial charge < -0.3 is 5.11 Å². The molecule has 2 nitrogen and oxygen atoms in total. The summed E-state index contributed by atoms with van der Waals surface area (Å²) in [5, 5.41) is 12.2. The van der Waals surface area contributed by atoms with Crippen LogP contribution in [0, 0.1) is 0 Å². The van der Waals surface area contributed by atoms with Gasteiger partial charge in [0.1, 0.15) is 0 Å². The van der Waals surface area contributed by atoms with E-state index in [4.69, 9.17) is 0 Å². The average Bonchev–Trinajstić information content (AvgIpc) is 2.81. The summed E-state index contributed by atoms with van der Waals surface area (Å²) < 4.78 is 0. The van der Waals surface area contributed by atoms with Gasteiger partial charge in [-0.15, -0.1) is 11.3 Å². The van der Waals surface area contributed by atoms with Gasteiger partial charge >= 0.3 is 0 Å². The highest BCUT2D eigenvalue weighted by Crippen LogP contribution is 2.25. The zero-order chi connectivity index (χ0) is 12.3. The van der Waals surface area contributed by atoms with Crippen LogP contribution in [0.25, 0.3) is 0 Å². The molecular formula is C14H23NOS. The van der Waals surface area contributed by atoms with Crippen molar-refractivity contribution in [1.82, 2.24) is 4.90 Å². The molecule has 3 unspecified atom stereocenters. The van der Waals surface area contributed by atoms with Crippen molar-refractivity contribution in [2.75, 3.05) is 7.05 Å². The van der Waals surface area contributed by atoms with Crippen molar-refractivity contribution in [1.29, 1.82) is 0 Å². The van der Waals surface area contributed by atoms with Crippen molar-refractivity contribution in [3.63, 3.8) is 0 Å². The van der Waals surface area contributed by atoms with E-state index in [9.17, 15) is 5.11 Å². The molecule has 17 heavy (non-hydrogen) atoms. The topological polar surface area (TPSA) is 23.5 Å². The van der Waals surface area contributed by atoms with Crippen LogP contribution in [0.15, 0.2) is 17.5 Å². The summed E-state index contributed by atoms with van der Waals surface area (Å²) in [5.74, 6) is 0. The van der Waals surface area contributed by atoms with E-state index in [-0.39, 0.29) is 6.10 Å². The van der Waals surface area contributed by atoms with Crippen LogP contribution in [0.4, 0.5) is 0 Å². The normalized spacial score (nSPS) is 27.3. The molecule has 0 spiro atoms. The summed E-state index contributed by atoms with van der Waals surface area (Å²) in [6.07, 6.45) is 5.53. The lowest BCUT2D eigenvalue weighted by atomic mass is 9.90. The lowest BCUT2D eigenvalue weighted by molar-refractivity contribution is 0.0161. The minimum absolute atomic E-state index is 0.125. The fourth-order valence-electron chi connectivity index (χ4n) is 2.76. The van der Waals surface area contributed by atoms with Crippen LogP contribution in [0.3, 0.4) is 0 Å². The predicted molar refractivity (Wildman–Crippen MR) is 73.5 cm³/mol. The Balaban J connectivity index is 1.91. The van der Waals surface area contributed by atoms with Gasteiger partial charge in [0.05, 0.1) is 6.10 Å². The maximum atomic E-state index is 10.1. The van der Waals surface area contributed by atoms with Gasteiger partial charge in [0.2, 0.25) is 0 Å². The second-order valence-corrected chi connectivity index (χ2v) is 6.25. The molecule has 0 radical (unpaired) electrons. The van der Waals surface area contributed by atoms with Crippen LogP contribution in [-0.2, 0) is 6.42 Å². The molecule has 1 N–H and O–H groups in total. The third kappa shape index (κ3) is 3.30. The van der Waals surface area contributed by atoms with Crippen LogP contribution in [-0.4, -0.2) is 35.2 Å². The Labute approximate surface area is 108 Å². The third-order valence-electron chi connectivity index (χ3n) is 3.99. The van der Waals surface area contributed by atoms with Gasteiger partial charge in [-0.2, -0.15) is 0 Å². The van der Waals surface area contributed by atoms with Crippen LogP contribution >= 0.6 is 11.3 Å². The molecule has 0 bridgehead atoms. The molecule has 2 rings (SSSR count). The van der Waals surface area contributed by atoms with E-state index in [1.165, 1.54) is 17.7 Å². The molecule has 1 aromatic rings. The van der Waals surface area contributed by atoms with Crippen molar-refractivity contribution >= 4 is 11.3 Å². The maximum Gasteiger partial charge on any atom is 0.0695 e. The smallest absolute Gasteiger partial charge is 0.0695 e. The number of nitrogens with zero attached hydrogens (tertiary/aromatic N) is 1. The van der Waals surface area contributed by atoms with Crippen LogP contribution in [0.1, 0.15) is 37.5 Å². The van der Waals surface area contributed by atoms with E-state index < -0.39 is 0 Å². The van der Waals surface area contributed by atoms with E-state index in [1.807, 2.05) is 11.3 Å². The number of rotatable bonds is 4. The molecule has 3 heteroatoms. The minimum atomic E-state index is -0.125. The fraction of sp³-hybridized carbons (Fsp3) is 0.714. The summed E-state index contributed by atoms with van der Waals surface area (Å²) in [7, 11) is 2.16. The van der Waals surface area contributed by atoms with E-state index >= 15 is 0 Å². The van der Waals surface area contributed by atoms with Gasteiger partial charge in [-0.05, 0) is 44.7 Å². The summed E-state index contributed by atoms with van der Waals surface area (Å²) in [6.45, 7) is 2.26. The lowest BCUT2D eigenvalue weighted by Crippen LogP contribution is -2.47. The van der Waals surface area contributed by atoms with E-state index in [0.29, 0.717) is 12.1 Å². The Kier molecular flexibility index (Phi) is 4.60. The molecule has 0 amide bonds. The Morgan fingerprint density at radius 1 is 1.47 bits per heavy atom. The monoisotopic (exact) mass is 253 g/mol. The molecular weight excluding hydrogens is 230 g/mol. The van der Waals surface area contributed by atoms with E-state index in [2.05, 4.69) is 36.4 Å². The highest BCUT2D eigenvalue weighted by atomic mass is 32.1. The quantitative estimate of drug-likeness (QED) is 0.892. The van der Waals surface area contributed by atoms with Gasteiger partial charge in [-0.1, -0.05) is 18.9 Å². The Morgan fingerprint density at radius 2 is 2.24 bits per heavy atom. The number of aliphatic hydroxyl groups is 1. The molecule has 1 saturated carbocycles. The number of hydrogen-bond acceptors (Lipinski definition) is 3. The van der Waals surface area contributed by atoms with Crippen LogP contribution in [0.5, 0.6) is 0 Å². The van der Waals surface area contributed by atoms with Gasteiger partial charge in [0, 0.05) is 17.0 Å².